The van der Waals surface area contributed by atoms with E-state index in [9.17, 15) is 13.2 Å². The molecule has 26 heavy (non-hydrogen) atoms. The lowest BCUT2D eigenvalue weighted by molar-refractivity contribution is 0.0696. The molecule has 1 aliphatic heterocycles. The molecule has 1 aromatic carbocycles. The molecule has 1 aromatic heterocycles. The molecule has 0 bridgehead atoms. The number of carbonyl (C=O) groups is 1. The van der Waals surface area contributed by atoms with Crippen LogP contribution in [0.15, 0.2) is 41.8 Å². The Balaban J connectivity index is 1.71. The summed E-state index contributed by atoms with van der Waals surface area (Å²) in [5.74, 6) is -0.0150. The third-order valence-corrected chi connectivity index (χ3v) is 7.83. The van der Waals surface area contributed by atoms with Gasteiger partial charge in [-0.3, -0.25) is 4.79 Å². The molecular formula is C19H24N2O3S2. The lowest BCUT2D eigenvalue weighted by Crippen LogP contribution is -2.52. The summed E-state index contributed by atoms with van der Waals surface area (Å²) in [6, 6.07) is 11.8. The number of hydrogen-bond donors (Lipinski definition) is 0. The molecule has 0 unspecified atom stereocenters. The van der Waals surface area contributed by atoms with E-state index in [0.717, 1.165) is 12.0 Å². The van der Waals surface area contributed by atoms with E-state index in [-0.39, 0.29) is 5.91 Å². The average molecular weight is 393 g/mol. The molecule has 140 valence electrons. The van der Waals surface area contributed by atoms with Crippen LogP contribution in [0, 0.1) is 0 Å². The Morgan fingerprint density at radius 1 is 1.08 bits per heavy atom. The van der Waals surface area contributed by atoms with Gasteiger partial charge in [-0.05, 0) is 36.9 Å². The van der Waals surface area contributed by atoms with Crippen LogP contribution in [0.3, 0.4) is 0 Å². The van der Waals surface area contributed by atoms with E-state index in [4.69, 9.17) is 0 Å². The van der Waals surface area contributed by atoms with Gasteiger partial charge >= 0.3 is 0 Å². The fourth-order valence-corrected chi connectivity index (χ4v) is 5.09. The fourth-order valence-electron chi connectivity index (χ4n) is 3.10. The minimum absolute atomic E-state index is 0.0150. The number of piperazine rings is 1. The quantitative estimate of drug-likeness (QED) is 0.786. The standard InChI is InChI=1S/C19H24N2O3S2/c1-15(2)26(23,24)21-11-9-20(10-12-21)19(22)18-8-4-3-6-16(18)14-17-7-5-13-25-17/h3-8,13,15H,9-12,14H2,1-2H3. The van der Waals surface area contributed by atoms with Crippen molar-refractivity contribution in [3.8, 4) is 0 Å². The molecule has 0 aliphatic carbocycles. The maximum atomic E-state index is 13.0. The third kappa shape index (κ3) is 4.00. The highest BCUT2D eigenvalue weighted by Gasteiger charge is 2.31. The first-order valence-corrected chi connectivity index (χ1v) is 11.2. The van der Waals surface area contributed by atoms with Crippen LogP contribution >= 0.6 is 11.3 Å². The minimum atomic E-state index is -3.26. The predicted molar refractivity (Wildman–Crippen MR) is 105 cm³/mol. The number of benzene rings is 1. The number of carbonyl (C=O) groups excluding carboxylic acids is 1. The number of amides is 1. The molecular weight excluding hydrogens is 368 g/mol. The van der Waals surface area contributed by atoms with Gasteiger partial charge in [0.15, 0.2) is 0 Å². The zero-order chi connectivity index (χ0) is 18.7. The van der Waals surface area contributed by atoms with Crippen molar-refractivity contribution < 1.29 is 13.2 Å². The number of hydrogen-bond acceptors (Lipinski definition) is 4. The number of nitrogens with zero attached hydrogens (tertiary/aromatic N) is 2. The first kappa shape index (κ1) is 19.1. The van der Waals surface area contributed by atoms with E-state index in [2.05, 4.69) is 6.07 Å². The first-order valence-electron chi connectivity index (χ1n) is 8.78. The van der Waals surface area contributed by atoms with Gasteiger partial charge < -0.3 is 4.90 Å². The highest BCUT2D eigenvalue weighted by molar-refractivity contribution is 7.89. The van der Waals surface area contributed by atoms with Gasteiger partial charge in [0, 0.05) is 43.0 Å². The van der Waals surface area contributed by atoms with Crippen LogP contribution in [-0.2, 0) is 16.4 Å². The van der Waals surface area contributed by atoms with Crippen molar-refractivity contribution in [2.45, 2.75) is 25.5 Å². The van der Waals surface area contributed by atoms with Crippen molar-refractivity contribution in [1.82, 2.24) is 9.21 Å². The molecule has 1 fully saturated rings. The van der Waals surface area contributed by atoms with Gasteiger partial charge in [0.2, 0.25) is 10.0 Å². The van der Waals surface area contributed by atoms with Crippen molar-refractivity contribution in [2.24, 2.45) is 0 Å². The fraction of sp³-hybridized carbons (Fsp3) is 0.421. The Morgan fingerprint density at radius 2 is 1.77 bits per heavy atom. The Bertz CT molecular complexity index is 853. The highest BCUT2D eigenvalue weighted by Crippen LogP contribution is 2.21. The van der Waals surface area contributed by atoms with E-state index in [0.29, 0.717) is 31.7 Å². The first-order chi connectivity index (χ1) is 12.4. The summed E-state index contributed by atoms with van der Waals surface area (Å²) in [5.41, 5.74) is 1.72. The summed E-state index contributed by atoms with van der Waals surface area (Å²) in [5, 5.41) is 1.60. The topological polar surface area (TPSA) is 57.7 Å². The van der Waals surface area contributed by atoms with E-state index >= 15 is 0 Å². The van der Waals surface area contributed by atoms with Gasteiger partial charge in [0.1, 0.15) is 0 Å². The molecule has 1 saturated heterocycles. The Hall–Kier alpha value is -1.70. The van der Waals surface area contributed by atoms with Crippen LogP contribution in [0.1, 0.15) is 34.6 Å². The molecule has 0 spiro atoms. The van der Waals surface area contributed by atoms with E-state index in [1.165, 1.54) is 9.18 Å². The van der Waals surface area contributed by atoms with Gasteiger partial charge in [-0.1, -0.05) is 24.3 Å². The van der Waals surface area contributed by atoms with Gasteiger partial charge in [-0.25, -0.2) is 8.42 Å². The Morgan fingerprint density at radius 3 is 2.38 bits per heavy atom. The smallest absolute Gasteiger partial charge is 0.254 e. The molecule has 0 saturated carbocycles. The van der Waals surface area contributed by atoms with Gasteiger partial charge in [0.25, 0.3) is 5.91 Å². The van der Waals surface area contributed by atoms with Crippen molar-refractivity contribution in [1.29, 1.82) is 0 Å². The normalized spacial score (nSPS) is 16.2. The summed E-state index contributed by atoms with van der Waals surface area (Å²) in [4.78, 5) is 16.0. The van der Waals surface area contributed by atoms with E-state index < -0.39 is 15.3 Å². The van der Waals surface area contributed by atoms with Crippen LogP contribution in [-0.4, -0.2) is 55.0 Å². The molecule has 0 atom stereocenters. The van der Waals surface area contributed by atoms with Crippen molar-refractivity contribution in [3.05, 3.63) is 57.8 Å². The van der Waals surface area contributed by atoms with Crippen LogP contribution in [0.2, 0.25) is 0 Å². The summed E-state index contributed by atoms with van der Waals surface area (Å²) in [7, 11) is -3.26. The molecule has 7 heteroatoms. The van der Waals surface area contributed by atoms with Crippen LogP contribution in [0.5, 0.6) is 0 Å². The Kier molecular flexibility index (Phi) is 5.79. The number of sulfonamides is 1. The molecule has 1 aliphatic rings. The second-order valence-corrected chi connectivity index (χ2v) is 10.2. The lowest BCUT2D eigenvalue weighted by Gasteiger charge is -2.35. The second kappa shape index (κ2) is 7.90. The molecule has 0 N–H and O–H groups in total. The molecule has 0 radical (unpaired) electrons. The van der Waals surface area contributed by atoms with Gasteiger partial charge in [0.05, 0.1) is 5.25 Å². The molecule has 5 nitrogen and oxygen atoms in total. The monoisotopic (exact) mass is 392 g/mol. The van der Waals surface area contributed by atoms with Crippen LogP contribution < -0.4 is 0 Å². The van der Waals surface area contributed by atoms with Crippen LogP contribution in [0.25, 0.3) is 0 Å². The predicted octanol–water partition coefficient (Wildman–Crippen LogP) is 2.83. The van der Waals surface area contributed by atoms with E-state index in [1.807, 2.05) is 35.7 Å². The minimum Gasteiger partial charge on any atom is -0.336 e. The molecule has 3 rings (SSSR count). The lowest BCUT2D eigenvalue weighted by atomic mass is 10.0. The second-order valence-electron chi connectivity index (χ2n) is 6.70. The van der Waals surface area contributed by atoms with E-state index in [1.54, 1.807) is 30.1 Å². The molecule has 2 heterocycles. The number of thiophene rings is 1. The van der Waals surface area contributed by atoms with Crippen molar-refractivity contribution in [3.63, 3.8) is 0 Å². The van der Waals surface area contributed by atoms with Crippen molar-refractivity contribution >= 4 is 27.3 Å². The van der Waals surface area contributed by atoms with Crippen LogP contribution in [0.4, 0.5) is 0 Å². The highest BCUT2D eigenvalue weighted by atomic mass is 32.2. The zero-order valence-corrected chi connectivity index (χ0v) is 16.7. The van der Waals surface area contributed by atoms with Crippen molar-refractivity contribution in [2.75, 3.05) is 26.2 Å². The summed E-state index contributed by atoms with van der Waals surface area (Å²) < 4.78 is 26.1. The maximum absolute atomic E-state index is 13.0. The Labute approximate surface area is 159 Å². The van der Waals surface area contributed by atoms with Gasteiger partial charge in [-0.2, -0.15) is 4.31 Å². The SMILES string of the molecule is CC(C)S(=O)(=O)N1CCN(C(=O)c2ccccc2Cc2cccs2)CC1. The largest absolute Gasteiger partial charge is 0.336 e. The van der Waals surface area contributed by atoms with Gasteiger partial charge in [-0.15, -0.1) is 11.3 Å². The molecule has 2 aromatic rings. The zero-order valence-electron chi connectivity index (χ0n) is 15.1. The maximum Gasteiger partial charge on any atom is 0.254 e. The summed E-state index contributed by atoms with van der Waals surface area (Å²) in [6.45, 7) is 4.95. The number of rotatable bonds is 5. The molecule has 1 amide bonds. The summed E-state index contributed by atoms with van der Waals surface area (Å²) in [6.07, 6.45) is 0.737. The third-order valence-electron chi connectivity index (χ3n) is 4.67. The average Bonchev–Trinajstić information content (AvgIpc) is 3.14. The summed E-state index contributed by atoms with van der Waals surface area (Å²) >= 11 is 1.68.